The molecule has 3 heterocycles. The van der Waals surface area contributed by atoms with E-state index in [1.165, 1.54) is 12.0 Å². The first-order chi connectivity index (χ1) is 10.3. The maximum absolute atomic E-state index is 4.61. The summed E-state index contributed by atoms with van der Waals surface area (Å²) in [5, 5.41) is 3.17. The van der Waals surface area contributed by atoms with Crippen LogP contribution in [-0.4, -0.2) is 33.4 Å². The summed E-state index contributed by atoms with van der Waals surface area (Å²) < 4.78 is 0. The van der Waals surface area contributed by atoms with Crippen molar-refractivity contribution in [3.8, 4) is 0 Å². The summed E-state index contributed by atoms with van der Waals surface area (Å²) in [6.07, 6.45) is 6.05. The Bertz CT molecular complexity index is 613. The third-order valence-corrected chi connectivity index (χ3v) is 4.00. The molecule has 21 heavy (non-hydrogen) atoms. The summed E-state index contributed by atoms with van der Waals surface area (Å²) in [5.74, 6) is 1.80. The fourth-order valence-corrected chi connectivity index (χ4v) is 3.02. The summed E-state index contributed by atoms with van der Waals surface area (Å²) in [7, 11) is 1.92. The van der Waals surface area contributed by atoms with E-state index >= 15 is 0 Å². The molecule has 1 saturated heterocycles. The Morgan fingerprint density at radius 2 is 2.19 bits per heavy atom. The monoisotopic (exact) mass is 283 g/mol. The summed E-state index contributed by atoms with van der Waals surface area (Å²) >= 11 is 0. The zero-order valence-electron chi connectivity index (χ0n) is 12.6. The van der Waals surface area contributed by atoms with Crippen LogP contribution in [0.3, 0.4) is 0 Å². The van der Waals surface area contributed by atoms with E-state index in [2.05, 4.69) is 31.2 Å². The Hall–Kier alpha value is -2.01. The van der Waals surface area contributed by atoms with Crippen molar-refractivity contribution in [1.29, 1.82) is 0 Å². The van der Waals surface area contributed by atoms with E-state index in [0.717, 1.165) is 36.8 Å². The van der Waals surface area contributed by atoms with Crippen LogP contribution in [-0.2, 0) is 6.54 Å². The molecule has 5 nitrogen and oxygen atoms in total. The number of anilines is 1. The van der Waals surface area contributed by atoms with Crippen LogP contribution >= 0.6 is 0 Å². The van der Waals surface area contributed by atoms with Crippen molar-refractivity contribution >= 4 is 5.82 Å². The van der Waals surface area contributed by atoms with Crippen molar-refractivity contribution in [2.75, 3.05) is 18.9 Å². The molecule has 1 aliphatic rings. The van der Waals surface area contributed by atoms with Crippen LogP contribution in [0.25, 0.3) is 0 Å². The van der Waals surface area contributed by atoms with Crippen LogP contribution in [0.1, 0.15) is 36.0 Å². The van der Waals surface area contributed by atoms with Crippen molar-refractivity contribution in [3.63, 3.8) is 0 Å². The van der Waals surface area contributed by atoms with E-state index in [4.69, 9.17) is 0 Å². The van der Waals surface area contributed by atoms with Crippen LogP contribution in [0.2, 0.25) is 0 Å². The number of aromatic nitrogens is 3. The Kier molecular flexibility index (Phi) is 4.10. The molecule has 1 unspecified atom stereocenters. The predicted octanol–water partition coefficient (Wildman–Crippen LogP) is 2.56. The lowest BCUT2D eigenvalue weighted by atomic mass is 10.1. The molecule has 0 radical (unpaired) electrons. The van der Waals surface area contributed by atoms with Gasteiger partial charge in [0.25, 0.3) is 0 Å². The molecule has 0 aliphatic carbocycles. The minimum absolute atomic E-state index is 0.386. The third-order valence-electron chi connectivity index (χ3n) is 4.00. The number of likely N-dealkylation sites (tertiary alicyclic amines) is 1. The van der Waals surface area contributed by atoms with E-state index < -0.39 is 0 Å². The van der Waals surface area contributed by atoms with Gasteiger partial charge < -0.3 is 5.32 Å². The molecule has 3 rings (SSSR count). The number of nitrogens with zero attached hydrogens (tertiary/aromatic N) is 4. The first kappa shape index (κ1) is 13.9. The molecule has 1 aliphatic heterocycles. The third kappa shape index (κ3) is 3.03. The minimum Gasteiger partial charge on any atom is -0.373 e. The summed E-state index contributed by atoms with van der Waals surface area (Å²) in [6, 6.07) is 6.56. The lowest BCUT2D eigenvalue weighted by Gasteiger charge is -2.24. The fourth-order valence-electron chi connectivity index (χ4n) is 3.02. The zero-order chi connectivity index (χ0) is 14.7. The standard InChI is InChI=1S/C16H21N5/c1-12-18-9-7-14(20-12)15-6-4-10-21(15)11-13-5-3-8-19-16(13)17-2/h3,5,7-9,15H,4,6,10-11H2,1-2H3,(H,17,19). The highest BCUT2D eigenvalue weighted by molar-refractivity contribution is 5.43. The van der Waals surface area contributed by atoms with Gasteiger partial charge in [0.2, 0.25) is 0 Å². The summed E-state index contributed by atoms with van der Waals surface area (Å²) in [5.41, 5.74) is 2.37. The van der Waals surface area contributed by atoms with Gasteiger partial charge in [0.15, 0.2) is 0 Å². The number of hydrogen-bond donors (Lipinski definition) is 1. The maximum atomic E-state index is 4.61. The van der Waals surface area contributed by atoms with Crippen molar-refractivity contribution < 1.29 is 0 Å². The lowest BCUT2D eigenvalue weighted by molar-refractivity contribution is 0.244. The number of nitrogens with one attached hydrogen (secondary N) is 1. The zero-order valence-corrected chi connectivity index (χ0v) is 12.6. The molecule has 5 heteroatoms. The van der Waals surface area contributed by atoms with Gasteiger partial charge in [0, 0.05) is 31.5 Å². The molecule has 0 amide bonds. The van der Waals surface area contributed by atoms with Gasteiger partial charge in [-0.3, -0.25) is 4.90 Å². The summed E-state index contributed by atoms with van der Waals surface area (Å²) in [4.78, 5) is 15.7. The number of rotatable bonds is 4. The molecule has 1 atom stereocenters. The van der Waals surface area contributed by atoms with Crippen LogP contribution in [0.15, 0.2) is 30.6 Å². The van der Waals surface area contributed by atoms with Crippen LogP contribution in [0, 0.1) is 6.92 Å². The molecule has 110 valence electrons. The van der Waals surface area contributed by atoms with Crippen molar-refractivity contribution in [3.05, 3.63) is 47.7 Å². The fraction of sp³-hybridized carbons (Fsp3) is 0.438. The van der Waals surface area contributed by atoms with Gasteiger partial charge in [-0.2, -0.15) is 0 Å². The molecule has 0 aromatic carbocycles. The van der Waals surface area contributed by atoms with Crippen molar-refractivity contribution in [2.45, 2.75) is 32.4 Å². The molecule has 0 spiro atoms. The maximum Gasteiger partial charge on any atom is 0.130 e. The Labute approximate surface area is 125 Å². The number of pyridine rings is 1. The molecule has 1 fully saturated rings. The van der Waals surface area contributed by atoms with Crippen LogP contribution < -0.4 is 5.32 Å². The van der Waals surface area contributed by atoms with Crippen molar-refractivity contribution in [1.82, 2.24) is 19.9 Å². The summed E-state index contributed by atoms with van der Waals surface area (Å²) in [6.45, 7) is 3.95. The van der Waals surface area contributed by atoms with E-state index in [9.17, 15) is 0 Å². The minimum atomic E-state index is 0.386. The van der Waals surface area contributed by atoms with Gasteiger partial charge in [-0.15, -0.1) is 0 Å². The molecule has 0 bridgehead atoms. The second-order valence-electron chi connectivity index (χ2n) is 5.42. The van der Waals surface area contributed by atoms with Crippen LogP contribution in [0.5, 0.6) is 0 Å². The molecule has 2 aromatic rings. The van der Waals surface area contributed by atoms with Gasteiger partial charge >= 0.3 is 0 Å². The SMILES string of the molecule is CNc1ncccc1CN1CCCC1c1ccnc(C)n1. The van der Waals surface area contributed by atoms with Crippen LogP contribution in [0.4, 0.5) is 5.82 Å². The number of hydrogen-bond acceptors (Lipinski definition) is 5. The first-order valence-electron chi connectivity index (χ1n) is 7.43. The quantitative estimate of drug-likeness (QED) is 0.934. The van der Waals surface area contributed by atoms with Gasteiger partial charge in [0.1, 0.15) is 11.6 Å². The Balaban J connectivity index is 1.81. The van der Waals surface area contributed by atoms with Crippen molar-refractivity contribution in [2.24, 2.45) is 0 Å². The molecular weight excluding hydrogens is 262 g/mol. The normalized spacial score (nSPS) is 18.9. The average molecular weight is 283 g/mol. The van der Waals surface area contributed by atoms with E-state index in [1.807, 2.05) is 38.5 Å². The smallest absolute Gasteiger partial charge is 0.130 e. The first-order valence-corrected chi connectivity index (χ1v) is 7.43. The average Bonchev–Trinajstić information content (AvgIpc) is 2.96. The lowest BCUT2D eigenvalue weighted by Crippen LogP contribution is -2.24. The molecular formula is C16H21N5. The molecule has 0 saturated carbocycles. The second kappa shape index (κ2) is 6.18. The van der Waals surface area contributed by atoms with E-state index in [1.54, 1.807) is 0 Å². The Morgan fingerprint density at radius 1 is 1.29 bits per heavy atom. The molecule has 2 aromatic heterocycles. The predicted molar refractivity (Wildman–Crippen MR) is 82.9 cm³/mol. The van der Waals surface area contributed by atoms with E-state index in [-0.39, 0.29) is 0 Å². The van der Waals surface area contributed by atoms with Gasteiger partial charge in [-0.05, 0) is 38.4 Å². The van der Waals surface area contributed by atoms with E-state index in [0.29, 0.717) is 6.04 Å². The largest absolute Gasteiger partial charge is 0.373 e. The highest BCUT2D eigenvalue weighted by atomic mass is 15.2. The van der Waals surface area contributed by atoms with Gasteiger partial charge in [-0.25, -0.2) is 15.0 Å². The number of aryl methyl sites for hydroxylation is 1. The highest BCUT2D eigenvalue weighted by Crippen LogP contribution is 2.32. The highest BCUT2D eigenvalue weighted by Gasteiger charge is 2.27. The van der Waals surface area contributed by atoms with Gasteiger partial charge in [-0.1, -0.05) is 6.07 Å². The second-order valence-corrected chi connectivity index (χ2v) is 5.42. The van der Waals surface area contributed by atoms with Gasteiger partial charge in [0.05, 0.1) is 11.7 Å². The molecule has 1 N–H and O–H groups in total. The topological polar surface area (TPSA) is 53.9 Å². The Morgan fingerprint density at radius 3 is 3.00 bits per heavy atom.